The zero-order valence-electron chi connectivity index (χ0n) is 13.6. The maximum absolute atomic E-state index is 6.06. The monoisotopic (exact) mass is 305 g/mol. The van der Waals surface area contributed by atoms with Crippen molar-refractivity contribution in [2.24, 2.45) is 5.41 Å². The van der Waals surface area contributed by atoms with Gasteiger partial charge in [0.15, 0.2) is 0 Å². The lowest BCUT2D eigenvalue weighted by atomic mass is 9.73. The molecule has 2 atom stereocenters. The molecule has 4 heteroatoms. The summed E-state index contributed by atoms with van der Waals surface area (Å²) < 4.78 is 17.6. The van der Waals surface area contributed by atoms with Crippen molar-refractivity contribution in [3.8, 4) is 0 Å². The largest absolute Gasteiger partial charge is 0.465 e. The van der Waals surface area contributed by atoms with E-state index in [1.807, 2.05) is 19.1 Å². The Balaban J connectivity index is 1.66. The van der Waals surface area contributed by atoms with Crippen LogP contribution in [0.5, 0.6) is 0 Å². The number of fused-ring (bicyclic) bond motifs is 1. The van der Waals surface area contributed by atoms with Gasteiger partial charge in [0.25, 0.3) is 0 Å². The Hall–Kier alpha value is -1.10. The van der Waals surface area contributed by atoms with Crippen molar-refractivity contribution in [1.29, 1.82) is 0 Å². The zero-order valence-corrected chi connectivity index (χ0v) is 13.6. The average molecular weight is 305 g/mol. The summed E-state index contributed by atoms with van der Waals surface area (Å²) in [5.74, 6) is 2.03. The molecule has 3 rings (SSSR count). The number of rotatable bonds is 6. The molecule has 1 aromatic rings. The second-order valence-corrected chi connectivity index (χ2v) is 6.64. The van der Waals surface area contributed by atoms with Crippen molar-refractivity contribution in [2.75, 3.05) is 32.9 Å². The fourth-order valence-electron chi connectivity index (χ4n) is 3.86. The third-order valence-electron chi connectivity index (χ3n) is 4.87. The van der Waals surface area contributed by atoms with E-state index < -0.39 is 0 Å². The summed E-state index contributed by atoms with van der Waals surface area (Å²) in [4.78, 5) is 2.49. The minimum absolute atomic E-state index is 0.126. The van der Waals surface area contributed by atoms with Crippen LogP contribution in [0.2, 0.25) is 0 Å². The van der Waals surface area contributed by atoms with Gasteiger partial charge in [0, 0.05) is 25.1 Å². The smallest absolute Gasteiger partial charge is 0.118 e. The van der Waals surface area contributed by atoms with E-state index in [-0.39, 0.29) is 5.41 Å². The van der Waals surface area contributed by atoms with Gasteiger partial charge in [-0.15, -0.1) is 6.58 Å². The first-order valence-electron chi connectivity index (χ1n) is 8.30. The molecule has 1 aromatic heterocycles. The lowest BCUT2D eigenvalue weighted by Gasteiger charge is -2.50. The van der Waals surface area contributed by atoms with E-state index in [0.29, 0.717) is 12.7 Å². The molecule has 2 saturated heterocycles. The van der Waals surface area contributed by atoms with Crippen molar-refractivity contribution in [3.05, 3.63) is 36.3 Å². The van der Waals surface area contributed by atoms with Crippen LogP contribution < -0.4 is 0 Å². The van der Waals surface area contributed by atoms with Crippen LogP contribution in [0.1, 0.15) is 30.8 Å². The van der Waals surface area contributed by atoms with Crippen LogP contribution in [-0.4, -0.2) is 43.9 Å². The molecule has 0 spiro atoms. The first kappa shape index (κ1) is 15.8. The highest BCUT2D eigenvalue weighted by Gasteiger charge is 2.46. The van der Waals surface area contributed by atoms with Crippen molar-refractivity contribution in [2.45, 2.75) is 38.8 Å². The standard InChI is InChI=1S/C18H27NO3/c1-3-10-20-14-18-8-4-11-21-17(18)7-9-19(13-18)12-16-6-5-15(2)22-16/h3,5-6,17H,1,4,7-14H2,2H3/t17-,18+/m1/s1. The average Bonchev–Trinajstić information content (AvgIpc) is 2.92. The summed E-state index contributed by atoms with van der Waals surface area (Å²) in [5.41, 5.74) is 0.126. The van der Waals surface area contributed by atoms with Gasteiger partial charge in [-0.3, -0.25) is 4.90 Å². The first-order valence-corrected chi connectivity index (χ1v) is 8.30. The Morgan fingerprint density at radius 1 is 1.50 bits per heavy atom. The van der Waals surface area contributed by atoms with Gasteiger partial charge in [-0.05, 0) is 38.3 Å². The highest BCUT2D eigenvalue weighted by Crippen LogP contribution is 2.40. The quantitative estimate of drug-likeness (QED) is 0.597. The predicted octanol–water partition coefficient (Wildman–Crippen LogP) is 3.16. The number of nitrogens with zero attached hydrogens (tertiary/aromatic N) is 1. The molecule has 2 fully saturated rings. The molecule has 0 N–H and O–H groups in total. The molecule has 0 amide bonds. The third-order valence-corrected chi connectivity index (χ3v) is 4.87. The lowest BCUT2D eigenvalue weighted by Crippen LogP contribution is -2.56. The fraction of sp³-hybridized carbons (Fsp3) is 0.667. The van der Waals surface area contributed by atoms with Gasteiger partial charge < -0.3 is 13.9 Å². The normalized spacial score (nSPS) is 29.2. The topological polar surface area (TPSA) is 34.8 Å². The van der Waals surface area contributed by atoms with Crippen LogP contribution in [0.25, 0.3) is 0 Å². The number of furan rings is 1. The summed E-state index contributed by atoms with van der Waals surface area (Å²) >= 11 is 0. The van der Waals surface area contributed by atoms with Crippen LogP contribution in [-0.2, 0) is 16.0 Å². The van der Waals surface area contributed by atoms with E-state index >= 15 is 0 Å². The maximum atomic E-state index is 6.06. The molecule has 0 aliphatic carbocycles. The Morgan fingerprint density at radius 3 is 3.18 bits per heavy atom. The summed E-state index contributed by atoms with van der Waals surface area (Å²) in [6, 6.07) is 4.12. The minimum Gasteiger partial charge on any atom is -0.465 e. The Bertz CT molecular complexity index is 498. The van der Waals surface area contributed by atoms with E-state index in [2.05, 4.69) is 17.5 Å². The van der Waals surface area contributed by atoms with Crippen molar-refractivity contribution in [1.82, 2.24) is 4.90 Å². The second-order valence-electron chi connectivity index (χ2n) is 6.64. The number of hydrogen-bond donors (Lipinski definition) is 0. The minimum atomic E-state index is 0.126. The van der Waals surface area contributed by atoms with Gasteiger partial charge in [0.1, 0.15) is 11.5 Å². The molecule has 0 bridgehead atoms. The highest BCUT2D eigenvalue weighted by molar-refractivity contribution is 5.06. The number of aryl methyl sites for hydroxylation is 1. The van der Waals surface area contributed by atoms with Crippen molar-refractivity contribution in [3.63, 3.8) is 0 Å². The predicted molar refractivity (Wildman–Crippen MR) is 85.8 cm³/mol. The van der Waals surface area contributed by atoms with Crippen molar-refractivity contribution >= 4 is 0 Å². The summed E-state index contributed by atoms with van der Waals surface area (Å²) in [5, 5.41) is 0. The molecular formula is C18H27NO3. The molecule has 122 valence electrons. The number of piperidine rings is 1. The molecule has 0 aromatic carbocycles. The zero-order chi connectivity index (χ0) is 15.4. The molecule has 2 aliphatic rings. The summed E-state index contributed by atoms with van der Waals surface area (Å²) in [6.07, 6.45) is 5.55. The molecule has 0 radical (unpaired) electrons. The number of hydrogen-bond acceptors (Lipinski definition) is 4. The van der Waals surface area contributed by atoms with Crippen molar-refractivity contribution < 1.29 is 13.9 Å². The van der Waals surface area contributed by atoms with Gasteiger partial charge in [-0.25, -0.2) is 0 Å². The number of ether oxygens (including phenoxy) is 2. The van der Waals surface area contributed by atoms with E-state index in [4.69, 9.17) is 13.9 Å². The van der Waals surface area contributed by atoms with Gasteiger partial charge in [0.05, 0.1) is 25.9 Å². The van der Waals surface area contributed by atoms with E-state index in [9.17, 15) is 0 Å². The van der Waals surface area contributed by atoms with Gasteiger partial charge >= 0.3 is 0 Å². The lowest BCUT2D eigenvalue weighted by molar-refractivity contribution is -0.152. The van der Waals surface area contributed by atoms with E-state index in [0.717, 1.165) is 57.2 Å². The molecular weight excluding hydrogens is 278 g/mol. The van der Waals surface area contributed by atoms with Gasteiger partial charge in [0.2, 0.25) is 0 Å². The Labute approximate surface area is 133 Å². The second kappa shape index (κ2) is 6.99. The van der Waals surface area contributed by atoms with E-state index in [1.165, 1.54) is 6.42 Å². The highest BCUT2D eigenvalue weighted by atomic mass is 16.5. The first-order chi connectivity index (χ1) is 10.7. The van der Waals surface area contributed by atoms with Crippen LogP contribution in [0, 0.1) is 12.3 Å². The molecule has 22 heavy (non-hydrogen) atoms. The number of likely N-dealkylation sites (tertiary alicyclic amines) is 1. The Kier molecular flexibility index (Phi) is 5.01. The SMILES string of the molecule is C=CCOC[C@@]12CCCO[C@@H]1CCN(Cc1ccc(C)o1)C2. The van der Waals surface area contributed by atoms with E-state index in [1.54, 1.807) is 0 Å². The molecule has 3 heterocycles. The van der Waals surface area contributed by atoms with Crippen LogP contribution in [0.4, 0.5) is 0 Å². The fourth-order valence-corrected chi connectivity index (χ4v) is 3.86. The molecule has 0 saturated carbocycles. The van der Waals surface area contributed by atoms with Gasteiger partial charge in [-0.2, -0.15) is 0 Å². The molecule has 4 nitrogen and oxygen atoms in total. The molecule has 2 aliphatic heterocycles. The molecule has 0 unspecified atom stereocenters. The van der Waals surface area contributed by atoms with Crippen LogP contribution in [0.3, 0.4) is 0 Å². The van der Waals surface area contributed by atoms with Crippen LogP contribution in [0.15, 0.2) is 29.2 Å². The maximum Gasteiger partial charge on any atom is 0.118 e. The summed E-state index contributed by atoms with van der Waals surface area (Å²) in [7, 11) is 0. The summed E-state index contributed by atoms with van der Waals surface area (Å²) in [6.45, 7) is 11.0. The van der Waals surface area contributed by atoms with Crippen LogP contribution >= 0.6 is 0 Å². The third kappa shape index (κ3) is 3.45. The van der Waals surface area contributed by atoms with Gasteiger partial charge in [-0.1, -0.05) is 6.08 Å². The Morgan fingerprint density at radius 2 is 2.41 bits per heavy atom.